The van der Waals surface area contributed by atoms with Gasteiger partial charge in [-0.15, -0.1) is 0 Å². The second-order valence-electron chi connectivity index (χ2n) is 3.40. The van der Waals surface area contributed by atoms with Gasteiger partial charge in [-0.1, -0.05) is 12.1 Å². The van der Waals surface area contributed by atoms with Gasteiger partial charge in [0.2, 0.25) is 0 Å². The van der Waals surface area contributed by atoms with Gasteiger partial charge in [-0.25, -0.2) is 0 Å². The fourth-order valence-electron chi connectivity index (χ4n) is 1.36. The number of hydrogen-bond acceptors (Lipinski definition) is 4. The van der Waals surface area contributed by atoms with Crippen LogP contribution in [0, 0.1) is 6.92 Å². The zero-order valence-corrected chi connectivity index (χ0v) is 8.86. The van der Waals surface area contributed by atoms with Crippen molar-refractivity contribution in [3.05, 3.63) is 29.3 Å². The lowest BCUT2D eigenvalue weighted by molar-refractivity contribution is -0.142. The van der Waals surface area contributed by atoms with E-state index < -0.39 is 12.0 Å². The lowest BCUT2D eigenvalue weighted by atomic mass is 10.0. The molecule has 0 saturated heterocycles. The smallest absolute Gasteiger partial charge is 0.322 e. The highest BCUT2D eigenvalue weighted by Crippen LogP contribution is 2.20. The molecule has 0 fully saturated rings. The summed E-state index contributed by atoms with van der Waals surface area (Å²) in [5, 5.41) is 9.45. The third kappa shape index (κ3) is 2.70. The van der Waals surface area contributed by atoms with Crippen LogP contribution < -0.4 is 5.73 Å². The van der Waals surface area contributed by atoms with Gasteiger partial charge >= 0.3 is 5.97 Å². The number of rotatable bonds is 3. The Morgan fingerprint density at radius 2 is 2.27 bits per heavy atom. The lowest BCUT2D eigenvalue weighted by Crippen LogP contribution is -2.33. The number of phenols is 1. The molecule has 0 aliphatic heterocycles. The van der Waals surface area contributed by atoms with Crippen LogP contribution >= 0.6 is 0 Å². The number of carbonyl (C=O) groups excluding carboxylic acids is 1. The summed E-state index contributed by atoms with van der Waals surface area (Å²) in [4.78, 5) is 11.1. The number of carbonyl (C=O) groups is 1. The number of phenolic OH excluding ortho intramolecular Hbond substituents is 1. The average molecular weight is 209 g/mol. The van der Waals surface area contributed by atoms with Crippen molar-refractivity contribution < 1.29 is 14.6 Å². The molecule has 0 amide bonds. The third-order valence-electron chi connectivity index (χ3n) is 2.36. The van der Waals surface area contributed by atoms with E-state index in [1.807, 2.05) is 6.07 Å². The number of benzene rings is 1. The van der Waals surface area contributed by atoms with Crippen LogP contribution in [0.2, 0.25) is 0 Å². The number of methoxy groups -OCH3 is 1. The molecule has 4 heteroatoms. The summed E-state index contributed by atoms with van der Waals surface area (Å²) in [6, 6.07) is 4.47. The second-order valence-corrected chi connectivity index (χ2v) is 3.40. The Labute approximate surface area is 88.7 Å². The van der Waals surface area contributed by atoms with Crippen molar-refractivity contribution in [2.45, 2.75) is 19.4 Å². The average Bonchev–Trinajstić information content (AvgIpc) is 2.23. The van der Waals surface area contributed by atoms with Crippen LogP contribution in [0.5, 0.6) is 5.75 Å². The van der Waals surface area contributed by atoms with E-state index in [4.69, 9.17) is 5.73 Å². The Balaban J connectivity index is 2.81. The van der Waals surface area contributed by atoms with E-state index in [2.05, 4.69) is 4.74 Å². The molecule has 0 aliphatic carbocycles. The minimum Gasteiger partial charge on any atom is -0.508 e. The summed E-state index contributed by atoms with van der Waals surface area (Å²) in [5.74, 6) is -0.234. The van der Waals surface area contributed by atoms with Gasteiger partial charge in [0.25, 0.3) is 0 Å². The fourth-order valence-corrected chi connectivity index (χ4v) is 1.36. The Hall–Kier alpha value is -1.55. The van der Waals surface area contributed by atoms with Gasteiger partial charge in [0.1, 0.15) is 11.8 Å². The summed E-state index contributed by atoms with van der Waals surface area (Å²) in [6.45, 7) is 1.79. The zero-order chi connectivity index (χ0) is 11.4. The number of ether oxygens (including phenoxy) is 1. The van der Waals surface area contributed by atoms with Crippen molar-refractivity contribution in [2.75, 3.05) is 7.11 Å². The topological polar surface area (TPSA) is 72.5 Å². The SMILES string of the molecule is COC(=O)[C@@H](N)Cc1cccc(O)c1C. The van der Waals surface area contributed by atoms with Gasteiger partial charge in [0, 0.05) is 0 Å². The largest absolute Gasteiger partial charge is 0.508 e. The van der Waals surface area contributed by atoms with Crippen molar-refractivity contribution in [2.24, 2.45) is 5.73 Å². The van der Waals surface area contributed by atoms with Crippen molar-refractivity contribution >= 4 is 5.97 Å². The Kier molecular flexibility index (Phi) is 3.68. The fraction of sp³-hybridized carbons (Fsp3) is 0.364. The minimum absolute atomic E-state index is 0.213. The van der Waals surface area contributed by atoms with Gasteiger partial charge < -0.3 is 15.6 Å². The Morgan fingerprint density at radius 1 is 1.60 bits per heavy atom. The summed E-state index contributed by atoms with van der Waals surface area (Å²) in [5.41, 5.74) is 7.22. The van der Waals surface area contributed by atoms with Crippen LogP contribution in [0.25, 0.3) is 0 Å². The number of aromatic hydroxyl groups is 1. The monoisotopic (exact) mass is 209 g/mol. The van der Waals surface area contributed by atoms with Crippen molar-refractivity contribution in [1.82, 2.24) is 0 Å². The molecule has 0 bridgehead atoms. The van der Waals surface area contributed by atoms with E-state index >= 15 is 0 Å². The van der Waals surface area contributed by atoms with Gasteiger partial charge in [-0.3, -0.25) is 4.79 Å². The molecule has 1 atom stereocenters. The van der Waals surface area contributed by atoms with E-state index in [1.54, 1.807) is 19.1 Å². The second kappa shape index (κ2) is 4.79. The van der Waals surface area contributed by atoms with Gasteiger partial charge in [-0.05, 0) is 30.5 Å². The molecule has 4 nitrogen and oxygen atoms in total. The molecule has 0 aromatic heterocycles. The van der Waals surface area contributed by atoms with Crippen LogP contribution in [0.3, 0.4) is 0 Å². The molecule has 15 heavy (non-hydrogen) atoms. The molecule has 1 aromatic carbocycles. The van der Waals surface area contributed by atoms with Crippen LogP contribution in [0.15, 0.2) is 18.2 Å². The first-order chi connectivity index (χ1) is 7.06. The molecule has 0 saturated carbocycles. The standard InChI is InChI=1S/C11H15NO3/c1-7-8(4-3-5-10(7)13)6-9(12)11(14)15-2/h3-5,9,13H,6,12H2,1-2H3/t9-/m0/s1. The molecule has 0 radical (unpaired) electrons. The molecule has 0 unspecified atom stereocenters. The first-order valence-corrected chi connectivity index (χ1v) is 4.67. The van der Waals surface area contributed by atoms with E-state index in [1.165, 1.54) is 7.11 Å². The molecular weight excluding hydrogens is 194 g/mol. The van der Waals surface area contributed by atoms with Crippen LogP contribution in [-0.2, 0) is 16.0 Å². The predicted octanol–water partition coefficient (Wildman–Crippen LogP) is 0.743. The predicted molar refractivity (Wildman–Crippen MR) is 56.5 cm³/mol. The van der Waals surface area contributed by atoms with E-state index in [0.717, 1.165) is 11.1 Å². The molecule has 0 spiro atoms. The highest BCUT2D eigenvalue weighted by Gasteiger charge is 2.15. The van der Waals surface area contributed by atoms with Gasteiger partial charge in [0.15, 0.2) is 0 Å². The quantitative estimate of drug-likeness (QED) is 0.720. The van der Waals surface area contributed by atoms with E-state index in [-0.39, 0.29) is 5.75 Å². The van der Waals surface area contributed by atoms with Crippen LogP contribution in [0.1, 0.15) is 11.1 Å². The van der Waals surface area contributed by atoms with E-state index in [0.29, 0.717) is 6.42 Å². The minimum atomic E-state index is -0.685. The van der Waals surface area contributed by atoms with Gasteiger partial charge in [-0.2, -0.15) is 0 Å². The Morgan fingerprint density at radius 3 is 2.87 bits per heavy atom. The molecule has 3 N–H and O–H groups in total. The summed E-state index contributed by atoms with van der Waals surface area (Å²) in [6.07, 6.45) is 0.368. The van der Waals surface area contributed by atoms with Gasteiger partial charge in [0.05, 0.1) is 7.11 Å². The molecule has 82 valence electrons. The molecule has 1 rings (SSSR count). The summed E-state index contributed by atoms with van der Waals surface area (Å²) < 4.78 is 4.53. The third-order valence-corrected chi connectivity index (χ3v) is 2.36. The first-order valence-electron chi connectivity index (χ1n) is 4.67. The Bertz CT molecular complexity index is 363. The highest BCUT2D eigenvalue weighted by atomic mass is 16.5. The number of nitrogens with two attached hydrogens (primary N) is 1. The number of esters is 1. The summed E-state index contributed by atoms with van der Waals surface area (Å²) in [7, 11) is 1.30. The molecule has 1 aromatic rings. The zero-order valence-electron chi connectivity index (χ0n) is 8.86. The summed E-state index contributed by atoms with van der Waals surface area (Å²) >= 11 is 0. The molecule has 0 aliphatic rings. The number of hydrogen-bond donors (Lipinski definition) is 2. The maximum absolute atomic E-state index is 11.1. The van der Waals surface area contributed by atoms with Crippen LogP contribution in [-0.4, -0.2) is 24.2 Å². The highest BCUT2D eigenvalue weighted by molar-refractivity contribution is 5.75. The maximum Gasteiger partial charge on any atom is 0.322 e. The van der Waals surface area contributed by atoms with Crippen molar-refractivity contribution in [3.63, 3.8) is 0 Å². The van der Waals surface area contributed by atoms with Crippen molar-refractivity contribution in [3.8, 4) is 5.75 Å². The lowest BCUT2D eigenvalue weighted by Gasteiger charge is -2.11. The maximum atomic E-state index is 11.1. The van der Waals surface area contributed by atoms with Crippen molar-refractivity contribution in [1.29, 1.82) is 0 Å². The van der Waals surface area contributed by atoms with Crippen LogP contribution in [0.4, 0.5) is 0 Å². The first kappa shape index (κ1) is 11.5. The molecular formula is C11H15NO3. The normalized spacial score (nSPS) is 12.2. The molecule has 0 heterocycles. The van der Waals surface area contributed by atoms with E-state index in [9.17, 15) is 9.90 Å².